The number of benzene rings is 1. The number of carbonyl (C=O) groups excluding carboxylic acids is 3. The number of nitrogens with one attached hydrogen (secondary N) is 2. The number of sulfone groups is 1. The van der Waals surface area contributed by atoms with E-state index >= 15 is 0 Å². The van der Waals surface area contributed by atoms with Crippen LogP contribution in [0.5, 0.6) is 0 Å². The Kier molecular flexibility index (Phi) is 8.06. The second kappa shape index (κ2) is 9.77. The summed E-state index contributed by atoms with van der Waals surface area (Å²) >= 11 is 0. The van der Waals surface area contributed by atoms with E-state index in [1.807, 2.05) is 6.92 Å². The van der Waals surface area contributed by atoms with E-state index in [-0.39, 0.29) is 23.8 Å². The molecule has 1 aromatic carbocycles. The monoisotopic (exact) mass is 370 g/mol. The molecule has 0 aliphatic heterocycles. The SMILES string of the molecule is CCCNC(=O)CNC(=O)COC(=O)c1ccc(CS(C)(=O)=O)cc1. The number of hydrogen-bond donors (Lipinski definition) is 2. The molecule has 0 saturated carbocycles. The fourth-order valence-electron chi connectivity index (χ4n) is 1.81. The quantitative estimate of drug-likeness (QED) is 0.592. The van der Waals surface area contributed by atoms with Crippen molar-refractivity contribution in [2.24, 2.45) is 0 Å². The summed E-state index contributed by atoms with van der Waals surface area (Å²) in [6, 6.07) is 5.88. The lowest BCUT2D eigenvalue weighted by molar-refractivity contribution is -0.127. The normalized spacial score (nSPS) is 10.8. The van der Waals surface area contributed by atoms with Gasteiger partial charge in [-0.25, -0.2) is 13.2 Å². The van der Waals surface area contributed by atoms with Gasteiger partial charge in [-0.2, -0.15) is 0 Å². The third-order valence-electron chi connectivity index (χ3n) is 2.97. The van der Waals surface area contributed by atoms with Crippen molar-refractivity contribution in [1.82, 2.24) is 10.6 Å². The second-order valence-corrected chi connectivity index (χ2v) is 7.61. The predicted octanol–water partition coefficient (Wildman–Crippen LogP) is 0.0304. The van der Waals surface area contributed by atoms with E-state index in [0.717, 1.165) is 12.7 Å². The van der Waals surface area contributed by atoms with Crippen LogP contribution < -0.4 is 10.6 Å². The molecule has 0 heterocycles. The number of ether oxygens (including phenoxy) is 1. The van der Waals surface area contributed by atoms with E-state index in [1.54, 1.807) is 0 Å². The third kappa shape index (κ3) is 8.85. The molecule has 0 aliphatic carbocycles. The van der Waals surface area contributed by atoms with Gasteiger partial charge in [-0.1, -0.05) is 19.1 Å². The first-order chi connectivity index (χ1) is 11.7. The van der Waals surface area contributed by atoms with Crippen molar-refractivity contribution in [3.05, 3.63) is 35.4 Å². The van der Waals surface area contributed by atoms with Gasteiger partial charge >= 0.3 is 5.97 Å². The highest BCUT2D eigenvalue weighted by Crippen LogP contribution is 2.09. The molecule has 0 saturated heterocycles. The van der Waals surface area contributed by atoms with Crippen LogP contribution in [0.15, 0.2) is 24.3 Å². The molecule has 0 atom stereocenters. The molecule has 9 heteroatoms. The van der Waals surface area contributed by atoms with Crippen LogP contribution in [0.2, 0.25) is 0 Å². The molecular weight excluding hydrogens is 348 g/mol. The molecule has 0 aliphatic rings. The predicted molar refractivity (Wildman–Crippen MR) is 91.6 cm³/mol. The summed E-state index contributed by atoms with van der Waals surface area (Å²) in [6.45, 7) is 1.74. The zero-order chi connectivity index (χ0) is 18.9. The average molecular weight is 370 g/mol. The molecular formula is C16H22N2O6S. The summed E-state index contributed by atoms with van der Waals surface area (Å²) in [5.74, 6) is -1.74. The Morgan fingerprint density at radius 2 is 1.68 bits per heavy atom. The standard InChI is InChI=1S/C16H22N2O6S/c1-3-8-17-14(19)9-18-15(20)10-24-16(21)13-6-4-12(5-7-13)11-25(2,22)23/h4-7H,3,8-11H2,1-2H3,(H,17,19)(H,18,20). The first-order valence-corrected chi connectivity index (χ1v) is 9.74. The van der Waals surface area contributed by atoms with Gasteiger partial charge in [0.05, 0.1) is 17.9 Å². The van der Waals surface area contributed by atoms with Crippen molar-refractivity contribution in [3.63, 3.8) is 0 Å². The van der Waals surface area contributed by atoms with Gasteiger partial charge in [0.25, 0.3) is 5.91 Å². The highest BCUT2D eigenvalue weighted by Gasteiger charge is 2.12. The number of carbonyl (C=O) groups is 3. The van der Waals surface area contributed by atoms with Crippen molar-refractivity contribution in [3.8, 4) is 0 Å². The van der Waals surface area contributed by atoms with Gasteiger partial charge < -0.3 is 15.4 Å². The zero-order valence-electron chi connectivity index (χ0n) is 14.2. The lowest BCUT2D eigenvalue weighted by Crippen LogP contribution is -2.38. The topological polar surface area (TPSA) is 119 Å². The first kappa shape index (κ1) is 20.6. The zero-order valence-corrected chi connectivity index (χ0v) is 15.0. The Balaban J connectivity index is 2.41. The maximum absolute atomic E-state index is 11.8. The molecule has 25 heavy (non-hydrogen) atoms. The molecule has 2 N–H and O–H groups in total. The minimum absolute atomic E-state index is 0.120. The first-order valence-electron chi connectivity index (χ1n) is 7.68. The maximum atomic E-state index is 11.8. The van der Waals surface area contributed by atoms with Crippen LogP contribution >= 0.6 is 0 Å². The number of rotatable bonds is 9. The number of amides is 2. The summed E-state index contributed by atoms with van der Waals surface area (Å²) < 4.78 is 27.2. The van der Waals surface area contributed by atoms with Crippen LogP contribution in [0.1, 0.15) is 29.3 Å². The molecule has 138 valence electrons. The van der Waals surface area contributed by atoms with E-state index in [1.165, 1.54) is 24.3 Å². The summed E-state index contributed by atoms with van der Waals surface area (Å²) in [4.78, 5) is 34.7. The minimum atomic E-state index is -3.15. The van der Waals surface area contributed by atoms with E-state index in [0.29, 0.717) is 12.1 Å². The van der Waals surface area contributed by atoms with Gasteiger partial charge in [-0.15, -0.1) is 0 Å². The lowest BCUT2D eigenvalue weighted by Gasteiger charge is -2.07. The van der Waals surface area contributed by atoms with Crippen molar-refractivity contribution < 1.29 is 27.5 Å². The molecule has 1 rings (SSSR count). The fourth-order valence-corrected chi connectivity index (χ4v) is 2.61. The van der Waals surface area contributed by atoms with Crippen molar-refractivity contribution >= 4 is 27.6 Å². The Morgan fingerprint density at radius 1 is 1.04 bits per heavy atom. The van der Waals surface area contributed by atoms with Crippen LogP contribution in [0.4, 0.5) is 0 Å². The number of hydrogen-bond acceptors (Lipinski definition) is 6. The smallest absolute Gasteiger partial charge is 0.338 e. The lowest BCUT2D eigenvalue weighted by atomic mass is 10.1. The summed E-state index contributed by atoms with van der Waals surface area (Å²) in [7, 11) is -3.15. The van der Waals surface area contributed by atoms with Crippen LogP contribution in [-0.4, -0.2) is 52.2 Å². The van der Waals surface area contributed by atoms with Crippen LogP contribution in [0, 0.1) is 0 Å². The van der Waals surface area contributed by atoms with Crippen molar-refractivity contribution in [1.29, 1.82) is 0 Å². The average Bonchev–Trinajstić information content (AvgIpc) is 2.55. The van der Waals surface area contributed by atoms with Gasteiger partial charge in [-0.3, -0.25) is 9.59 Å². The summed E-state index contributed by atoms with van der Waals surface area (Å²) in [6.07, 6.45) is 1.91. The number of esters is 1. The molecule has 2 amide bonds. The molecule has 0 aromatic heterocycles. The Labute approximate surface area is 146 Å². The van der Waals surface area contributed by atoms with Crippen LogP contribution in [-0.2, 0) is 29.9 Å². The highest BCUT2D eigenvalue weighted by molar-refractivity contribution is 7.89. The molecule has 0 bridgehead atoms. The van der Waals surface area contributed by atoms with E-state index in [9.17, 15) is 22.8 Å². The third-order valence-corrected chi connectivity index (χ3v) is 3.83. The largest absolute Gasteiger partial charge is 0.452 e. The van der Waals surface area contributed by atoms with E-state index in [2.05, 4.69) is 10.6 Å². The Hall–Kier alpha value is -2.42. The maximum Gasteiger partial charge on any atom is 0.338 e. The summed E-state index contributed by atoms with van der Waals surface area (Å²) in [5, 5.41) is 4.93. The van der Waals surface area contributed by atoms with Gasteiger partial charge in [0.15, 0.2) is 16.4 Å². The van der Waals surface area contributed by atoms with Crippen LogP contribution in [0.3, 0.4) is 0 Å². The molecule has 0 spiro atoms. The molecule has 0 unspecified atom stereocenters. The van der Waals surface area contributed by atoms with Gasteiger partial charge in [-0.05, 0) is 24.1 Å². The van der Waals surface area contributed by atoms with E-state index < -0.39 is 28.3 Å². The molecule has 0 fully saturated rings. The van der Waals surface area contributed by atoms with Crippen LogP contribution in [0.25, 0.3) is 0 Å². The van der Waals surface area contributed by atoms with Gasteiger partial charge in [0, 0.05) is 12.8 Å². The summed E-state index contributed by atoms with van der Waals surface area (Å²) in [5.41, 5.74) is 0.751. The van der Waals surface area contributed by atoms with Crippen molar-refractivity contribution in [2.75, 3.05) is 26.0 Å². The Bertz CT molecular complexity index is 713. The fraction of sp³-hybridized carbons (Fsp3) is 0.438. The second-order valence-electron chi connectivity index (χ2n) is 5.47. The van der Waals surface area contributed by atoms with Gasteiger partial charge in [0.2, 0.25) is 5.91 Å². The van der Waals surface area contributed by atoms with Crippen molar-refractivity contribution in [2.45, 2.75) is 19.1 Å². The molecule has 0 radical (unpaired) electrons. The molecule has 8 nitrogen and oxygen atoms in total. The van der Waals surface area contributed by atoms with Gasteiger partial charge in [0.1, 0.15) is 0 Å². The highest BCUT2D eigenvalue weighted by atomic mass is 32.2. The Morgan fingerprint density at radius 3 is 2.24 bits per heavy atom. The van der Waals surface area contributed by atoms with E-state index in [4.69, 9.17) is 4.74 Å². The molecule has 1 aromatic rings. The minimum Gasteiger partial charge on any atom is -0.452 e.